The van der Waals surface area contributed by atoms with Gasteiger partial charge in [0.05, 0.1) is 11.7 Å². The van der Waals surface area contributed by atoms with Crippen molar-refractivity contribution in [3.05, 3.63) is 47.4 Å². The second-order valence-corrected chi connectivity index (χ2v) is 9.08. The lowest BCUT2D eigenvalue weighted by Crippen LogP contribution is -2.44. The monoisotopic (exact) mass is 453 g/mol. The molecule has 1 unspecified atom stereocenters. The molecule has 3 rings (SSSR count). The normalized spacial score (nSPS) is 14.9. The molecule has 0 saturated carbocycles. The van der Waals surface area contributed by atoms with E-state index in [0.717, 1.165) is 81.1 Å². The van der Waals surface area contributed by atoms with Crippen LogP contribution in [0.2, 0.25) is 0 Å². The van der Waals surface area contributed by atoms with Gasteiger partial charge in [-0.05, 0) is 82.2 Å². The first-order chi connectivity index (χ1) is 16.0. The highest BCUT2D eigenvalue weighted by Gasteiger charge is 2.22. The molecule has 180 valence electrons. The Labute approximate surface area is 198 Å². The summed E-state index contributed by atoms with van der Waals surface area (Å²) in [6.07, 6.45) is 9.35. The Morgan fingerprint density at radius 3 is 2.85 bits per heavy atom. The zero-order valence-corrected chi connectivity index (χ0v) is 20.2. The minimum atomic E-state index is -0.750. The number of hydrogen-bond donors (Lipinski definition) is 2. The Kier molecular flexibility index (Phi) is 9.63. The van der Waals surface area contributed by atoms with E-state index < -0.39 is 5.54 Å². The van der Waals surface area contributed by atoms with Crippen LogP contribution in [0.1, 0.15) is 56.0 Å². The Bertz CT molecular complexity index is 873. The van der Waals surface area contributed by atoms with Gasteiger partial charge < -0.3 is 20.6 Å². The van der Waals surface area contributed by atoms with E-state index in [2.05, 4.69) is 27.3 Å². The van der Waals surface area contributed by atoms with Gasteiger partial charge >= 0.3 is 0 Å². The maximum Gasteiger partial charge on any atom is 0.139 e. The van der Waals surface area contributed by atoms with Crippen molar-refractivity contribution in [1.82, 2.24) is 14.9 Å². The summed E-state index contributed by atoms with van der Waals surface area (Å²) in [7, 11) is 0. The molecule has 3 N–H and O–H groups in total. The van der Waals surface area contributed by atoms with Crippen molar-refractivity contribution < 1.29 is 9.53 Å². The van der Waals surface area contributed by atoms with Crippen LogP contribution in [0.15, 0.2) is 30.5 Å². The average Bonchev–Trinajstić information content (AvgIpc) is 2.85. The molecular formula is C26H39N5O2. The maximum atomic E-state index is 11.4. The summed E-state index contributed by atoms with van der Waals surface area (Å²) in [4.78, 5) is 22.9. The van der Waals surface area contributed by atoms with Crippen LogP contribution in [0.25, 0.3) is 0 Å². The molecular weight excluding hydrogens is 414 g/mol. The largest absolute Gasteiger partial charge is 0.491 e. The molecule has 2 aromatic rings. The van der Waals surface area contributed by atoms with E-state index in [9.17, 15) is 4.79 Å². The van der Waals surface area contributed by atoms with Gasteiger partial charge in [0.25, 0.3) is 0 Å². The third-order valence-corrected chi connectivity index (χ3v) is 6.46. The van der Waals surface area contributed by atoms with Crippen molar-refractivity contribution in [2.45, 2.75) is 64.3 Å². The van der Waals surface area contributed by atoms with Crippen molar-refractivity contribution >= 4 is 12.1 Å². The fourth-order valence-corrected chi connectivity index (χ4v) is 4.00. The molecule has 0 spiro atoms. The van der Waals surface area contributed by atoms with Crippen molar-refractivity contribution in [2.24, 2.45) is 5.73 Å². The molecule has 2 aromatic heterocycles. The fourth-order valence-electron chi connectivity index (χ4n) is 4.00. The number of aldehydes is 1. The van der Waals surface area contributed by atoms with Crippen molar-refractivity contribution in [3.8, 4) is 5.75 Å². The number of fused-ring (bicyclic) bond motifs is 1. The van der Waals surface area contributed by atoms with E-state index in [-0.39, 0.29) is 0 Å². The summed E-state index contributed by atoms with van der Waals surface area (Å²) in [5.74, 6) is 1.85. The van der Waals surface area contributed by atoms with Crippen LogP contribution < -0.4 is 15.8 Å². The van der Waals surface area contributed by atoms with Gasteiger partial charge in [-0.15, -0.1) is 0 Å². The summed E-state index contributed by atoms with van der Waals surface area (Å²) in [6.45, 7) is 8.02. The lowest BCUT2D eigenvalue weighted by Gasteiger charge is -2.27. The zero-order chi connectivity index (χ0) is 23.5. The number of unbranched alkanes of at least 4 members (excludes halogenated alkanes) is 1. The first-order valence-corrected chi connectivity index (χ1v) is 12.3. The SMILES string of the molecule is CCC(N)(C=O)CCN(CCCCc1ccc2c(n1)NCCC2)CCOc1ccc(C)nc1. The number of hydrogen-bond acceptors (Lipinski definition) is 7. The summed E-state index contributed by atoms with van der Waals surface area (Å²) < 4.78 is 5.88. The summed E-state index contributed by atoms with van der Waals surface area (Å²) in [5, 5.41) is 3.42. The lowest BCUT2D eigenvalue weighted by molar-refractivity contribution is -0.112. The molecule has 1 aliphatic heterocycles. The number of nitrogens with one attached hydrogen (secondary N) is 1. The molecule has 0 saturated heterocycles. The van der Waals surface area contributed by atoms with E-state index in [4.69, 9.17) is 15.5 Å². The van der Waals surface area contributed by atoms with Crippen LogP contribution in [0.4, 0.5) is 5.82 Å². The van der Waals surface area contributed by atoms with Crippen LogP contribution in [0.3, 0.4) is 0 Å². The number of rotatable bonds is 14. The number of carbonyl (C=O) groups excluding carboxylic acids is 1. The minimum absolute atomic E-state index is 0.577. The molecule has 0 amide bonds. The van der Waals surface area contributed by atoms with E-state index in [1.165, 1.54) is 12.0 Å². The number of nitrogens with zero attached hydrogens (tertiary/aromatic N) is 3. The van der Waals surface area contributed by atoms with E-state index in [1.54, 1.807) is 6.20 Å². The predicted molar refractivity (Wildman–Crippen MR) is 133 cm³/mol. The molecule has 3 heterocycles. The van der Waals surface area contributed by atoms with E-state index >= 15 is 0 Å². The molecule has 0 radical (unpaired) electrons. The van der Waals surface area contributed by atoms with Crippen molar-refractivity contribution in [3.63, 3.8) is 0 Å². The number of aromatic nitrogens is 2. The fraction of sp³-hybridized carbons (Fsp3) is 0.577. The van der Waals surface area contributed by atoms with Gasteiger partial charge in [0.2, 0.25) is 0 Å². The summed E-state index contributed by atoms with van der Waals surface area (Å²) in [6, 6.07) is 8.28. The van der Waals surface area contributed by atoms with Gasteiger partial charge in [-0.2, -0.15) is 0 Å². The Morgan fingerprint density at radius 2 is 2.09 bits per heavy atom. The minimum Gasteiger partial charge on any atom is -0.491 e. The summed E-state index contributed by atoms with van der Waals surface area (Å²) >= 11 is 0. The second-order valence-electron chi connectivity index (χ2n) is 9.08. The molecule has 7 nitrogen and oxygen atoms in total. The van der Waals surface area contributed by atoms with Gasteiger partial charge in [-0.25, -0.2) is 4.98 Å². The number of anilines is 1. The van der Waals surface area contributed by atoms with Crippen LogP contribution >= 0.6 is 0 Å². The van der Waals surface area contributed by atoms with Gasteiger partial charge in [0.1, 0.15) is 24.5 Å². The first kappa shape index (κ1) is 25.1. The van der Waals surface area contributed by atoms with E-state index in [1.807, 2.05) is 26.0 Å². The Balaban J connectivity index is 1.47. The van der Waals surface area contributed by atoms with Crippen LogP contribution in [-0.2, 0) is 17.6 Å². The number of carbonyl (C=O) groups is 1. The predicted octanol–water partition coefficient (Wildman–Crippen LogP) is 3.54. The smallest absolute Gasteiger partial charge is 0.139 e. The molecule has 0 aliphatic carbocycles. The Morgan fingerprint density at radius 1 is 1.21 bits per heavy atom. The number of aryl methyl sites for hydroxylation is 3. The molecule has 0 aromatic carbocycles. The standard InChI is InChI=1S/C26H39N5O2/c1-3-26(27,20-32)13-16-31(17-18-33-24-12-9-21(2)29-19-24)15-5-4-8-23-11-10-22-7-6-14-28-25(22)30-23/h9-12,19-20H,3-8,13-18,27H2,1-2H3,(H,28,30). The van der Waals surface area contributed by atoms with Crippen LogP contribution in [0, 0.1) is 6.92 Å². The zero-order valence-electron chi connectivity index (χ0n) is 20.2. The third kappa shape index (κ3) is 8.09. The second kappa shape index (κ2) is 12.7. The highest BCUT2D eigenvalue weighted by atomic mass is 16.5. The van der Waals surface area contributed by atoms with Crippen LogP contribution in [0.5, 0.6) is 5.75 Å². The summed E-state index contributed by atoms with van der Waals surface area (Å²) in [5.41, 5.74) is 8.92. The number of nitrogens with two attached hydrogens (primary N) is 1. The molecule has 0 bridgehead atoms. The van der Waals surface area contributed by atoms with Crippen molar-refractivity contribution in [1.29, 1.82) is 0 Å². The third-order valence-electron chi connectivity index (χ3n) is 6.46. The quantitative estimate of drug-likeness (QED) is 0.334. The van der Waals surface area contributed by atoms with Crippen LogP contribution in [-0.4, -0.2) is 59.5 Å². The van der Waals surface area contributed by atoms with Gasteiger partial charge in [-0.3, -0.25) is 9.88 Å². The maximum absolute atomic E-state index is 11.4. The molecule has 7 heteroatoms. The van der Waals surface area contributed by atoms with Gasteiger partial charge in [0, 0.05) is 31.0 Å². The first-order valence-electron chi connectivity index (χ1n) is 12.3. The molecule has 1 atom stereocenters. The molecule has 33 heavy (non-hydrogen) atoms. The highest BCUT2D eigenvalue weighted by molar-refractivity contribution is 5.63. The van der Waals surface area contributed by atoms with E-state index in [0.29, 0.717) is 19.4 Å². The number of ether oxygens (including phenoxy) is 1. The van der Waals surface area contributed by atoms with Gasteiger partial charge in [0.15, 0.2) is 0 Å². The molecule has 0 fully saturated rings. The topological polar surface area (TPSA) is 93.4 Å². The average molecular weight is 454 g/mol. The Hall–Kier alpha value is -2.51. The lowest BCUT2D eigenvalue weighted by atomic mass is 9.95. The molecule has 1 aliphatic rings. The van der Waals surface area contributed by atoms with Gasteiger partial charge in [-0.1, -0.05) is 13.0 Å². The highest BCUT2D eigenvalue weighted by Crippen LogP contribution is 2.20. The number of pyridine rings is 2. The van der Waals surface area contributed by atoms with Crippen molar-refractivity contribution in [2.75, 3.05) is 38.1 Å².